The van der Waals surface area contributed by atoms with E-state index in [-0.39, 0.29) is 5.91 Å². The first-order valence-electron chi connectivity index (χ1n) is 6.82. The van der Waals surface area contributed by atoms with Crippen molar-refractivity contribution in [2.75, 3.05) is 13.1 Å². The Kier molecular flexibility index (Phi) is 5.20. The van der Waals surface area contributed by atoms with Crippen molar-refractivity contribution in [2.45, 2.75) is 44.6 Å². The van der Waals surface area contributed by atoms with Gasteiger partial charge < -0.3 is 10.6 Å². The van der Waals surface area contributed by atoms with Crippen molar-refractivity contribution in [3.05, 3.63) is 18.0 Å². The summed E-state index contributed by atoms with van der Waals surface area (Å²) in [5.74, 6) is 0.131. The van der Waals surface area contributed by atoms with Crippen LogP contribution in [0.2, 0.25) is 0 Å². The third-order valence-electron chi connectivity index (χ3n) is 3.42. The van der Waals surface area contributed by atoms with E-state index in [4.69, 9.17) is 0 Å². The molecule has 5 heteroatoms. The van der Waals surface area contributed by atoms with Gasteiger partial charge in [0.05, 0.1) is 6.20 Å². The molecule has 3 N–H and O–H groups in total. The maximum atomic E-state index is 11.6. The Labute approximate surface area is 108 Å². The van der Waals surface area contributed by atoms with Crippen LogP contribution < -0.4 is 10.6 Å². The van der Waals surface area contributed by atoms with Crippen molar-refractivity contribution in [1.82, 2.24) is 20.8 Å². The lowest BCUT2D eigenvalue weighted by molar-refractivity contribution is -0.121. The highest BCUT2D eigenvalue weighted by molar-refractivity contribution is 5.76. The Morgan fingerprint density at radius 3 is 3.17 bits per heavy atom. The molecule has 1 aromatic rings. The molecule has 1 saturated heterocycles. The summed E-state index contributed by atoms with van der Waals surface area (Å²) in [5.41, 5.74) is 1.08. The Bertz CT molecular complexity index is 344. The van der Waals surface area contributed by atoms with Gasteiger partial charge in [0.15, 0.2) is 0 Å². The molecule has 100 valence electrons. The van der Waals surface area contributed by atoms with Crippen molar-refractivity contribution < 1.29 is 4.79 Å². The zero-order valence-corrected chi connectivity index (χ0v) is 10.7. The van der Waals surface area contributed by atoms with Gasteiger partial charge in [-0.2, -0.15) is 5.10 Å². The molecule has 0 radical (unpaired) electrons. The number of rotatable bonds is 6. The Morgan fingerprint density at radius 2 is 2.44 bits per heavy atom. The van der Waals surface area contributed by atoms with E-state index in [2.05, 4.69) is 20.8 Å². The average Bonchev–Trinajstić information content (AvgIpc) is 2.91. The molecule has 1 atom stereocenters. The number of piperidine rings is 1. The lowest BCUT2D eigenvalue weighted by atomic mass is 10.0. The Balaban J connectivity index is 1.54. The number of amides is 1. The van der Waals surface area contributed by atoms with E-state index in [1.54, 1.807) is 6.20 Å². The number of hydrogen-bond acceptors (Lipinski definition) is 3. The van der Waals surface area contributed by atoms with Crippen LogP contribution in [0, 0.1) is 0 Å². The molecule has 1 aromatic heterocycles. The van der Waals surface area contributed by atoms with E-state index in [0.29, 0.717) is 12.5 Å². The predicted octanol–water partition coefficient (Wildman–Crippen LogP) is 0.991. The van der Waals surface area contributed by atoms with Gasteiger partial charge in [-0.15, -0.1) is 0 Å². The number of aryl methyl sites for hydroxylation is 1. The summed E-state index contributed by atoms with van der Waals surface area (Å²) < 4.78 is 0. The predicted molar refractivity (Wildman–Crippen MR) is 70.2 cm³/mol. The van der Waals surface area contributed by atoms with Crippen LogP contribution in [0.15, 0.2) is 12.4 Å². The quantitative estimate of drug-likeness (QED) is 0.705. The van der Waals surface area contributed by atoms with Crippen LogP contribution in [0.5, 0.6) is 0 Å². The number of nitrogens with zero attached hydrogens (tertiary/aromatic N) is 1. The molecule has 5 nitrogen and oxygen atoms in total. The second-order valence-corrected chi connectivity index (χ2v) is 4.89. The van der Waals surface area contributed by atoms with E-state index in [0.717, 1.165) is 31.5 Å². The average molecular weight is 250 g/mol. The van der Waals surface area contributed by atoms with Crippen LogP contribution >= 0.6 is 0 Å². The smallest absolute Gasteiger partial charge is 0.220 e. The molecule has 2 heterocycles. The fraction of sp³-hybridized carbons (Fsp3) is 0.692. The third-order valence-corrected chi connectivity index (χ3v) is 3.42. The highest BCUT2D eigenvalue weighted by atomic mass is 16.1. The largest absolute Gasteiger partial charge is 0.356 e. The molecular weight excluding hydrogens is 228 g/mol. The molecule has 0 unspecified atom stereocenters. The second kappa shape index (κ2) is 7.16. The summed E-state index contributed by atoms with van der Waals surface area (Å²) in [4.78, 5) is 11.6. The second-order valence-electron chi connectivity index (χ2n) is 4.89. The summed E-state index contributed by atoms with van der Waals surface area (Å²) in [6, 6.07) is 0.591. The Hall–Kier alpha value is -1.36. The number of hydrogen-bond donors (Lipinski definition) is 3. The van der Waals surface area contributed by atoms with E-state index in [9.17, 15) is 4.79 Å². The summed E-state index contributed by atoms with van der Waals surface area (Å²) in [6.45, 7) is 1.90. The lowest BCUT2D eigenvalue weighted by Gasteiger charge is -2.23. The minimum absolute atomic E-state index is 0.131. The number of carbonyl (C=O) groups excluding carboxylic acids is 1. The molecule has 1 fully saturated rings. The molecule has 0 aromatic carbocycles. The van der Waals surface area contributed by atoms with E-state index >= 15 is 0 Å². The first-order chi connectivity index (χ1) is 8.84. The van der Waals surface area contributed by atoms with Crippen molar-refractivity contribution in [3.63, 3.8) is 0 Å². The summed E-state index contributed by atoms with van der Waals surface area (Å²) in [6.07, 6.45) is 9.77. The molecule has 0 aliphatic carbocycles. The van der Waals surface area contributed by atoms with Crippen molar-refractivity contribution in [1.29, 1.82) is 0 Å². The molecular formula is C13H22N4O. The van der Waals surface area contributed by atoms with Gasteiger partial charge in [-0.1, -0.05) is 6.42 Å². The summed E-state index contributed by atoms with van der Waals surface area (Å²) >= 11 is 0. The zero-order chi connectivity index (χ0) is 12.6. The molecule has 1 aliphatic rings. The topological polar surface area (TPSA) is 69.8 Å². The number of nitrogens with one attached hydrogen (secondary N) is 3. The van der Waals surface area contributed by atoms with E-state index in [1.807, 2.05) is 6.20 Å². The minimum atomic E-state index is 0.131. The van der Waals surface area contributed by atoms with Gasteiger partial charge in [0.1, 0.15) is 0 Å². The van der Waals surface area contributed by atoms with Gasteiger partial charge in [0, 0.05) is 25.2 Å². The lowest BCUT2D eigenvalue weighted by Crippen LogP contribution is -2.37. The molecule has 1 amide bonds. The SMILES string of the molecule is O=C(CCc1cn[nH]c1)NCC[C@@H]1CCCCN1. The van der Waals surface area contributed by atoms with Gasteiger partial charge in [-0.05, 0) is 37.8 Å². The monoisotopic (exact) mass is 250 g/mol. The molecule has 0 spiro atoms. The maximum Gasteiger partial charge on any atom is 0.220 e. The fourth-order valence-electron chi connectivity index (χ4n) is 2.32. The maximum absolute atomic E-state index is 11.6. The molecule has 18 heavy (non-hydrogen) atoms. The third kappa shape index (κ3) is 4.49. The van der Waals surface area contributed by atoms with Crippen LogP contribution in [0.4, 0.5) is 0 Å². The standard InChI is InChI=1S/C13H22N4O/c18-13(5-4-11-9-16-17-10-11)15-8-6-12-3-1-2-7-14-12/h9-10,12,14H,1-8H2,(H,15,18)(H,16,17)/t12-/m0/s1. The number of carbonyl (C=O) groups is 1. The van der Waals surface area contributed by atoms with Crippen LogP contribution in [-0.2, 0) is 11.2 Å². The normalized spacial score (nSPS) is 19.7. The molecule has 2 rings (SSSR count). The first-order valence-corrected chi connectivity index (χ1v) is 6.82. The van der Waals surface area contributed by atoms with Crippen LogP contribution in [0.3, 0.4) is 0 Å². The number of H-pyrrole nitrogens is 1. The van der Waals surface area contributed by atoms with Crippen molar-refractivity contribution in [3.8, 4) is 0 Å². The summed E-state index contributed by atoms with van der Waals surface area (Å²) in [7, 11) is 0. The van der Waals surface area contributed by atoms with Gasteiger partial charge in [0.2, 0.25) is 5.91 Å². The minimum Gasteiger partial charge on any atom is -0.356 e. The molecule has 1 aliphatic heterocycles. The zero-order valence-electron chi connectivity index (χ0n) is 10.7. The van der Waals surface area contributed by atoms with E-state index < -0.39 is 0 Å². The van der Waals surface area contributed by atoms with Gasteiger partial charge >= 0.3 is 0 Å². The van der Waals surface area contributed by atoms with Crippen LogP contribution in [0.1, 0.15) is 37.7 Å². The van der Waals surface area contributed by atoms with Gasteiger partial charge in [0.25, 0.3) is 0 Å². The Morgan fingerprint density at radius 1 is 1.50 bits per heavy atom. The van der Waals surface area contributed by atoms with Crippen molar-refractivity contribution >= 4 is 5.91 Å². The molecule has 0 bridgehead atoms. The van der Waals surface area contributed by atoms with E-state index in [1.165, 1.54) is 19.3 Å². The first kappa shape index (κ1) is 13.1. The van der Waals surface area contributed by atoms with Crippen LogP contribution in [-0.4, -0.2) is 35.2 Å². The number of aromatic nitrogens is 2. The highest BCUT2D eigenvalue weighted by Gasteiger charge is 2.12. The fourth-order valence-corrected chi connectivity index (χ4v) is 2.32. The van der Waals surface area contributed by atoms with Gasteiger partial charge in [-0.3, -0.25) is 9.89 Å². The highest BCUT2D eigenvalue weighted by Crippen LogP contribution is 2.09. The van der Waals surface area contributed by atoms with Crippen LogP contribution in [0.25, 0.3) is 0 Å². The van der Waals surface area contributed by atoms with Gasteiger partial charge in [-0.25, -0.2) is 0 Å². The summed E-state index contributed by atoms with van der Waals surface area (Å²) in [5, 5.41) is 13.1. The number of aromatic amines is 1. The molecule has 0 saturated carbocycles. The van der Waals surface area contributed by atoms with Crippen molar-refractivity contribution in [2.24, 2.45) is 0 Å².